The molecule has 0 radical (unpaired) electrons. The summed E-state index contributed by atoms with van der Waals surface area (Å²) in [6.45, 7) is 0. The fourth-order valence-corrected chi connectivity index (χ4v) is 1.82. The molecule has 0 fully saturated rings. The first-order chi connectivity index (χ1) is 6.48. The van der Waals surface area contributed by atoms with E-state index in [1.807, 2.05) is 0 Å². The van der Waals surface area contributed by atoms with E-state index in [2.05, 4.69) is 9.97 Å². The largest absolute Gasteiger partial charge is 0.318 e. The second kappa shape index (κ2) is 2.93. The minimum Gasteiger partial charge on any atom is -0.318 e. The molecule has 0 aliphatic heterocycles. The van der Waals surface area contributed by atoms with Crippen molar-refractivity contribution >= 4 is 30.9 Å². The normalized spacial score (nSPS) is 12.1. The molecule has 0 aliphatic rings. The fourth-order valence-electron chi connectivity index (χ4n) is 1.13. The van der Waals surface area contributed by atoms with Crippen molar-refractivity contribution in [1.29, 1.82) is 0 Å². The maximum absolute atomic E-state index is 11.0. The van der Waals surface area contributed by atoms with Crippen molar-refractivity contribution in [3.8, 4) is 0 Å². The van der Waals surface area contributed by atoms with Crippen LogP contribution in [0, 0.1) is 0 Å². The maximum Gasteiger partial charge on any atom is 0.262 e. The maximum atomic E-state index is 11.0. The van der Waals surface area contributed by atoms with E-state index < -0.39 is 9.05 Å². The molecule has 0 aliphatic carbocycles. The van der Waals surface area contributed by atoms with Gasteiger partial charge in [0.1, 0.15) is 10.4 Å². The Morgan fingerprint density at radius 3 is 2.79 bits per heavy atom. The number of rotatable bonds is 1. The lowest BCUT2D eigenvalue weighted by Crippen LogP contribution is -1.93. The van der Waals surface area contributed by atoms with Gasteiger partial charge < -0.3 is 4.57 Å². The van der Waals surface area contributed by atoms with Crippen LogP contribution in [-0.2, 0) is 16.1 Å². The monoisotopic (exact) mass is 231 g/mol. The van der Waals surface area contributed by atoms with Crippen LogP contribution in [-0.4, -0.2) is 23.0 Å². The Morgan fingerprint density at radius 2 is 2.14 bits per heavy atom. The Kier molecular flexibility index (Phi) is 1.97. The molecule has 0 bridgehead atoms. The Bertz CT molecular complexity index is 590. The minimum atomic E-state index is -3.72. The highest BCUT2D eigenvalue weighted by atomic mass is 35.7. The zero-order valence-corrected chi connectivity index (χ0v) is 8.75. The highest BCUT2D eigenvalue weighted by Gasteiger charge is 2.12. The number of nitrogens with zero attached hydrogens (tertiary/aromatic N) is 3. The summed E-state index contributed by atoms with van der Waals surface area (Å²) < 4.78 is 23.6. The van der Waals surface area contributed by atoms with Crippen molar-refractivity contribution in [2.45, 2.75) is 4.90 Å². The molecule has 0 aromatic carbocycles. The Balaban J connectivity index is 2.76. The van der Waals surface area contributed by atoms with E-state index in [-0.39, 0.29) is 4.90 Å². The van der Waals surface area contributed by atoms with Gasteiger partial charge in [-0.1, -0.05) is 0 Å². The SMILES string of the molecule is Cn1cnc2cc(S(=O)(=O)Cl)cnc21. The number of pyridine rings is 1. The molecule has 2 aromatic rings. The van der Waals surface area contributed by atoms with E-state index in [9.17, 15) is 8.42 Å². The molecule has 0 unspecified atom stereocenters. The van der Waals surface area contributed by atoms with Crippen molar-refractivity contribution in [3.05, 3.63) is 18.6 Å². The summed E-state index contributed by atoms with van der Waals surface area (Å²) in [5.41, 5.74) is 1.13. The molecular formula is C7H6ClN3O2S. The van der Waals surface area contributed by atoms with Gasteiger partial charge in [0.2, 0.25) is 0 Å². The van der Waals surface area contributed by atoms with Gasteiger partial charge in [0.25, 0.3) is 9.05 Å². The van der Waals surface area contributed by atoms with Crippen LogP contribution >= 0.6 is 10.7 Å². The smallest absolute Gasteiger partial charge is 0.262 e. The highest BCUT2D eigenvalue weighted by Crippen LogP contribution is 2.17. The molecule has 0 atom stereocenters. The molecule has 0 spiro atoms. The number of fused-ring (bicyclic) bond motifs is 1. The molecule has 5 nitrogen and oxygen atoms in total. The van der Waals surface area contributed by atoms with Crippen molar-refractivity contribution in [3.63, 3.8) is 0 Å². The van der Waals surface area contributed by atoms with Gasteiger partial charge in [-0.2, -0.15) is 0 Å². The molecular weight excluding hydrogens is 226 g/mol. The van der Waals surface area contributed by atoms with Gasteiger partial charge in [-0.3, -0.25) is 0 Å². The second-order valence-corrected chi connectivity index (χ2v) is 5.37. The van der Waals surface area contributed by atoms with Crippen LogP contribution in [0.2, 0.25) is 0 Å². The van der Waals surface area contributed by atoms with Crippen molar-refractivity contribution in [1.82, 2.24) is 14.5 Å². The van der Waals surface area contributed by atoms with E-state index in [0.29, 0.717) is 11.2 Å². The Morgan fingerprint density at radius 1 is 1.43 bits per heavy atom. The van der Waals surface area contributed by atoms with Gasteiger partial charge in [0, 0.05) is 23.9 Å². The molecule has 2 rings (SSSR count). The van der Waals surface area contributed by atoms with Gasteiger partial charge in [-0.15, -0.1) is 0 Å². The van der Waals surface area contributed by atoms with Crippen LogP contribution in [0.1, 0.15) is 0 Å². The molecule has 0 saturated carbocycles. The third-order valence-corrected chi connectivity index (χ3v) is 3.13. The van der Waals surface area contributed by atoms with E-state index in [1.165, 1.54) is 12.3 Å². The lowest BCUT2D eigenvalue weighted by atomic mass is 10.4. The molecule has 74 valence electrons. The van der Waals surface area contributed by atoms with E-state index in [1.54, 1.807) is 17.9 Å². The van der Waals surface area contributed by atoms with Crippen molar-refractivity contribution in [2.24, 2.45) is 7.05 Å². The molecule has 0 N–H and O–H groups in total. The number of aromatic nitrogens is 3. The van der Waals surface area contributed by atoms with Crippen LogP contribution in [0.25, 0.3) is 11.2 Å². The number of imidazole rings is 1. The van der Waals surface area contributed by atoms with Gasteiger partial charge in [-0.25, -0.2) is 18.4 Å². The summed E-state index contributed by atoms with van der Waals surface area (Å²) >= 11 is 0. The average Bonchev–Trinajstić information content (AvgIpc) is 2.46. The fraction of sp³-hybridized carbons (Fsp3) is 0.143. The standard InChI is InChI=1S/C7H6ClN3O2S/c1-11-4-10-6-2-5(14(8,12)13)3-9-7(6)11/h2-4H,1H3. The van der Waals surface area contributed by atoms with Crippen LogP contribution in [0.3, 0.4) is 0 Å². The molecule has 7 heteroatoms. The Labute approximate surface area is 84.8 Å². The third kappa shape index (κ3) is 1.46. The average molecular weight is 232 g/mol. The summed E-state index contributed by atoms with van der Waals surface area (Å²) in [7, 11) is 3.21. The van der Waals surface area contributed by atoms with Gasteiger partial charge in [0.05, 0.1) is 6.33 Å². The molecule has 0 amide bonds. The number of hydrogen-bond donors (Lipinski definition) is 0. The lowest BCUT2D eigenvalue weighted by molar-refractivity contribution is 0.609. The zero-order valence-electron chi connectivity index (χ0n) is 7.18. The first-order valence-electron chi connectivity index (χ1n) is 3.70. The topological polar surface area (TPSA) is 64.8 Å². The second-order valence-electron chi connectivity index (χ2n) is 2.81. The lowest BCUT2D eigenvalue weighted by Gasteiger charge is -1.95. The number of aryl methyl sites for hydroxylation is 1. The van der Waals surface area contributed by atoms with E-state index in [0.717, 1.165) is 0 Å². The summed E-state index contributed by atoms with van der Waals surface area (Å²) in [6.07, 6.45) is 2.77. The first-order valence-corrected chi connectivity index (χ1v) is 6.01. The predicted octanol–water partition coefficient (Wildman–Crippen LogP) is 0.896. The van der Waals surface area contributed by atoms with E-state index in [4.69, 9.17) is 10.7 Å². The highest BCUT2D eigenvalue weighted by molar-refractivity contribution is 8.13. The van der Waals surface area contributed by atoms with Crippen LogP contribution in [0.4, 0.5) is 0 Å². The van der Waals surface area contributed by atoms with Crippen molar-refractivity contribution < 1.29 is 8.42 Å². The molecule has 14 heavy (non-hydrogen) atoms. The number of halogens is 1. The van der Waals surface area contributed by atoms with Crippen LogP contribution in [0.5, 0.6) is 0 Å². The van der Waals surface area contributed by atoms with Crippen LogP contribution in [0.15, 0.2) is 23.5 Å². The first kappa shape index (κ1) is 9.42. The summed E-state index contributed by atoms with van der Waals surface area (Å²) in [6, 6.07) is 1.39. The third-order valence-electron chi connectivity index (χ3n) is 1.81. The molecule has 0 saturated heterocycles. The van der Waals surface area contributed by atoms with E-state index >= 15 is 0 Å². The van der Waals surface area contributed by atoms with Crippen LogP contribution < -0.4 is 0 Å². The van der Waals surface area contributed by atoms with Crippen molar-refractivity contribution in [2.75, 3.05) is 0 Å². The quantitative estimate of drug-likeness (QED) is 0.684. The number of hydrogen-bond acceptors (Lipinski definition) is 4. The summed E-state index contributed by atoms with van der Waals surface area (Å²) in [4.78, 5) is 7.88. The predicted molar refractivity (Wildman–Crippen MR) is 51.5 cm³/mol. The van der Waals surface area contributed by atoms with Gasteiger partial charge >= 0.3 is 0 Å². The van der Waals surface area contributed by atoms with Gasteiger partial charge in [0.15, 0.2) is 5.65 Å². The minimum absolute atomic E-state index is 0.0367. The Hall–Kier alpha value is -1.14. The summed E-state index contributed by atoms with van der Waals surface area (Å²) in [5.74, 6) is 0. The molecule has 2 aromatic heterocycles. The molecule has 2 heterocycles. The summed E-state index contributed by atoms with van der Waals surface area (Å²) in [5, 5.41) is 0. The zero-order chi connectivity index (χ0) is 10.3. The van der Waals surface area contributed by atoms with Gasteiger partial charge in [-0.05, 0) is 6.07 Å².